The number of likely N-dealkylation sites (tertiary alicyclic amines) is 1. The van der Waals surface area contributed by atoms with Gasteiger partial charge in [-0.3, -0.25) is 0 Å². The predicted molar refractivity (Wildman–Crippen MR) is 92.0 cm³/mol. The van der Waals surface area contributed by atoms with E-state index in [1.54, 1.807) is 0 Å². The van der Waals surface area contributed by atoms with Crippen molar-refractivity contribution in [2.24, 2.45) is 17.3 Å². The summed E-state index contributed by atoms with van der Waals surface area (Å²) in [6.45, 7) is 12.9. The zero-order chi connectivity index (χ0) is 16.2. The van der Waals surface area contributed by atoms with Crippen LogP contribution in [0.4, 0.5) is 0 Å². The van der Waals surface area contributed by atoms with E-state index in [0.29, 0.717) is 18.1 Å². The van der Waals surface area contributed by atoms with Crippen LogP contribution in [-0.4, -0.2) is 48.5 Å². The molecule has 2 atom stereocenters. The Kier molecular flexibility index (Phi) is 6.73. The lowest BCUT2D eigenvalue weighted by Gasteiger charge is -2.37. The fraction of sp³-hybridized carbons (Fsp3) is 1.00. The molecular formula is C19H37NO2. The average molecular weight is 312 g/mol. The van der Waals surface area contributed by atoms with Gasteiger partial charge in [0.05, 0.1) is 18.8 Å². The van der Waals surface area contributed by atoms with E-state index >= 15 is 0 Å². The number of aliphatic hydroxyl groups excluding tert-OH is 1. The van der Waals surface area contributed by atoms with Crippen LogP contribution in [0.2, 0.25) is 0 Å². The van der Waals surface area contributed by atoms with Gasteiger partial charge < -0.3 is 14.7 Å². The molecule has 3 heteroatoms. The van der Waals surface area contributed by atoms with Gasteiger partial charge in [-0.1, -0.05) is 27.7 Å². The summed E-state index contributed by atoms with van der Waals surface area (Å²) in [6.07, 6.45) is 7.51. The largest absolute Gasteiger partial charge is 0.389 e. The Balaban J connectivity index is 1.62. The first kappa shape index (κ1) is 18.2. The number of ether oxygens (including phenoxy) is 1. The zero-order valence-corrected chi connectivity index (χ0v) is 15.2. The minimum Gasteiger partial charge on any atom is -0.389 e. The van der Waals surface area contributed by atoms with E-state index in [0.717, 1.165) is 44.3 Å². The van der Waals surface area contributed by atoms with Gasteiger partial charge in [0.15, 0.2) is 0 Å². The quantitative estimate of drug-likeness (QED) is 0.840. The van der Waals surface area contributed by atoms with E-state index in [2.05, 4.69) is 32.6 Å². The first-order valence-electron chi connectivity index (χ1n) is 9.36. The Labute approximate surface area is 137 Å². The molecule has 130 valence electrons. The lowest BCUT2D eigenvalue weighted by Crippen LogP contribution is -2.41. The smallest absolute Gasteiger partial charge is 0.0900 e. The zero-order valence-electron chi connectivity index (χ0n) is 15.2. The van der Waals surface area contributed by atoms with Crippen molar-refractivity contribution < 1.29 is 9.84 Å². The van der Waals surface area contributed by atoms with E-state index in [9.17, 15) is 5.11 Å². The minimum atomic E-state index is -0.328. The molecular weight excluding hydrogens is 274 g/mol. The summed E-state index contributed by atoms with van der Waals surface area (Å²) in [6, 6.07) is 0. The predicted octanol–water partition coefficient (Wildman–Crippen LogP) is 3.70. The Morgan fingerprint density at radius 2 is 1.82 bits per heavy atom. The van der Waals surface area contributed by atoms with Gasteiger partial charge in [-0.25, -0.2) is 0 Å². The third-order valence-corrected chi connectivity index (χ3v) is 5.63. The number of hydrogen-bond donors (Lipinski definition) is 1. The highest BCUT2D eigenvalue weighted by Crippen LogP contribution is 2.38. The second kappa shape index (κ2) is 8.12. The molecule has 0 radical (unpaired) electrons. The van der Waals surface area contributed by atoms with Crippen molar-refractivity contribution in [3.8, 4) is 0 Å². The van der Waals surface area contributed by atoms with E-state index in [1.165, 1.54) is 25.7 Å². The third kappa shape index (κ3) is 5.82. The number of β-amino-alcohol motifs (C(OH)–C–C–N with tert-alkyl or cyclic N) is 1. The fourth-order valence-electron chi connectivity index (χ4n) is 4.15. The van der Waals surface area contributed by atoms with Crippen LogP contribution < -0.4 is 0 Å². The number of aliphatic hydroxyl groups is 1. The Morgan fingerprint density at radius 3 is 2.41 bits per heavy atom. The van der Waals surface area contributed by atoms with Gasteiger partial charge >= 0.3 is 0 Å². The van der Waals surface area contributed by atoms with Gasteiger partial charge in [0.1, 0.15) is 0 Å². The molecule has 0 unspecified atom stereocenters. The topological polar surface area (TPSA) is 32.7 Å². The van der Waals surface area contributed by atoms with Gasteiger partial charge in [-0.05, 0) is 62.3 Å². The molecule has 3 nitrogen and oxygen atoms in total. The molecule has 1 aliphatic heterocycles. The molecule has 0 amide bonds. The van der Waals surface area contributed by atoms with Crippen LogP contribution in [0.3, 0.4) is 0 Å². The monoisotopic (exact) mass is 311 g/mol. The second-order valence-corrected chi connectivity index (χ2v) is 8.83. The van der Waals surface area contributed by atoms with Gasteiger partial charge in [0, 0.05) is 13.1 Å². The molecule has 0 spiro atoms. The molecule has 1 saturated carbocycles. The Bertz CT molecular complexity index is 318. The normalized spacial score (nSPS) is 32.9. The molecule has 0 aromatic rings. The highest BCUT2D eigenvalue weighted by Gasteiger charge is 2.30. The molecule has 0 aromatic carbocycles. The van der Waals surface area contributed by atoms with Crippen LogP contribution in [0.1, 0.15) is 66.2 Å². The second-order valence-electron chi connectivity index (χ2n) is 8.83. The molecule has 1 heterocycles. The number of hydrogen-bond acceptors (Lipinski definition) is 3. The summed E-state index contributed by atoms with van der Waals surface area (Å²) in [5, 5.41) is 10.2. The molecule has 2 aliphatic rings. The highest BCUT2D eigenvalue weighted by molar-refractivity contribution is 4.81. The van der Waals surface area contributed by atoms with Crippen molar-refractivity contribution in [3.63, 3.8) is 0 Å². The van der Waals surface area contributed by atoms with Crippen molar-refractivity contribution in [2.75, 3.05) is 26.2 Å². The molecule has 1 N–H and O–H groups in total. The SMILES string of the molecule is C[C@@H]1CCCN(C[C@H](O)COC2CCC(C(C)(C)C)CC2)C1. The average Bonchev–Trinajstić information content (AvgIpc) is 2.45. The summed E-state index contributed by atoms with van der Waals surface area (Å²) >= 11 is 0. The summed E-state index contributed by atoms with van der Waals surface area (Å²) in [5.41, 5.74) is 0.426. The maximum atomic E-state index is 10.2. The molecule has 2 fully saturated rings. The van der Waals surface area contributed by atoms with Crippen molar-refractivity contribution in [3.05, 3.63) is 0 Å². The lowest BCUT2D eigenvalue weighted by atomic mass is 9.72. The first-order valence-corrected chi connectivity index (χ1v) is 9.36. The van der Waals surface area contributed by atoms with Crippen molar-refractivity contribution >= 4 is 0 Å². The summed E-state index contributed by atoms with van der Waals surface area (Å²) in [4.78, 5) is 2.40. The van der Waals surface area contributed by atoms with Crippen LogP contribution in [0.15, 0.2) is 0 Å². The van der Waals surface area contributed by atoms with E-state index < -0.39 is 0 Å². The van der Waals surface area contributed by atoms with Gasteiger partial charge in [-0.2, -0.15) is 0 Å². The summed E-state index contributed by atoms with van der Waals surface area (Å²) < 4.78 is 6.00. The van der Waals surface area contributed by atoms with Crippen molar-refractivity contribution in [2.45, 2.75) is 78.4 Å². The Morgan fingerprint density at radius 1 is 1.14 bits per heavy atom. The number of piperidine rings is 1. The standard InChI is InChI=1S/C19H37NO2/c1-15-6-5-11-20(12-15)13-17(21)14-22-18-9-7-16(8-10-18)19(2,3)4/h15-18,21H,5-14H2,1-4H3/t15-,16?,17+,18?/m1/s1. The van der Waals surface area contributed by atoms with E-state index in [-0.39, 0.29) is 6.10 Å². The first-order chi connectivity index (χ1) is 10.3. The van der Waals surface area contributed by atoms with Crippen LogP contribution in [-0.2, 0) is 4.74 Å². The van der Waals surface area contributed by atoms with Crippen LogP contribution in [0.5, 0.6) is 0 Å². The molecule has 1 saturated heterocycles. The van der Waals surface area contributed by atoms with Crippen LogP contribution >= 0.6 is 0 Å². The van der Waals surface area contributed by atoms with Crippen LogP contribution in [0, 0.1) is 17.3 Å². The lowest BCUT2D eigenvalue weighted by molar-refractivity contribution is -0.0466. The summed E-state index contributed by atoms with van der Waals surface area (Å²) in [7, 11) is 0. The number of nitrogens with zero attached hydrogens (tertiary/aromatic N) is 1. The number of rotatable bonds is 5. The molecule has 0 bridgehead atoms. The Hall–Kier alpha value is -0.120. The maximum Gasteiger partial charge on any atom is 0.0900 e. The minimum absolute atomic E-state index is 0.328. The van der Waals surface area contributed by atoms with Gasteiger partial charge in [-0.15, -0.1) is 0 Å². The highest BCUT2D eigenvalue weighted by atomic mass is 16.5. The maximum absolute atomic E-state index is 10.2. The van der Waals surface area contributed by atoms with Gasteiger partial charge in [0.25, 0.3) is 0 Å². The van der Waals surface area contributed by atoms with Crippen LogP contribution in [0.25, 0.3) is 0 Å². The third-order valence-electron chi connectivity index (χ3n) is 5.63. The van der Waals surface area contributed by atoms with Crippen molar-refractivity contribution in [1.29, 1.82) is 0 Å². The molecule has 0 aromatic heterocycles. The fourth-order valence-corrected chi connectivity index (χ4v) is 4.15. The molecule has 1 aliphatic carbocycles. The van der Waals surface area contributed by atoms with Crippen molar-refractivity contribution in [1.82, 2.24) is 4.90 Å². The summed E-state index contributed by atoms with van der Waals surface area (Å²) in [5.74, 6) is 1.60. The molecule has 22 heavy (non-hydrogen) atoms. The molecule has 2 rings (SSSR count). The van der Waals surface area contributed by atoms with E-state index in [4.69, 9.17) is 4.74 Å². The van der Waals surface area contributed by atoms with E-state index in [1.807, 2.05) is 0 Å². The van der Waals surface area contributed by atoms with Gasteiger partial charge in [0.2, 0.25) is 0 Å².